The standard InChI is InChI=1S/C15H18O3S/c1-11(2)15(13-9-12(3)18-10-13)19(16,17)14-7-5-4-6-8-14/h4-11,15H,1-3H3. The van der Waals surface area contributed by atoms with E-state index in [0.29, 0.717) is 4.90 Å². The third kappa shape index (κ3) is 2.73. The first-order valence-electron chi connectivity index (χ1n) is 6.27. The largest absolute Gasteiger partial charge is 0.469 e. The fraction of sp³-hybridized carbons (Fsp3) is 0.333. The Bertz CT molecular complexity index is 639. The van der Waals surface area contributed by atoms with Crippen molar-refractivity contribution in [2.24, 2.45) is 5.92 Å². The first-order valence-corrected chi connectivity index (χ1v) is 7.81. The zero-order chi connectivity index (χ0) is 14.0. The minimum atomic E-state index is -3.40. The van der Waals surface area contributed by atoms with Gasteiger partial charge in [-0.15, -0.1) is 0 Å². The highest BCUT2D eigenvalue weighted by molar-refractivity contribution is 7.91. The molecule has 2 rings (SSSR count). The average molecular weight is 278 g/mol. The fourth-order valence-electron chi connectivity index (χ4n) is 2.29. The zero-order valence-electron chi connectivity index (χ0n) is 11.3. The first-order chi connectivity index (χ1) is 8.93. The summed E-state index contributed by atoms with van der Waals surface area (Å²) >= 11 is 0. The van der Waals surface area contributed by atoms with E-state index in [9.17, 15) is 8.42 Å². The van der Waals surface area contributed by atoms with Crippen LogP contribution >= 0.6 is 0 Å². The SMILES string of the molecule is Cc1cc(C(C(C)C)S(=O)(=O)c2ccccc2)co1. The highest BCUT2D eigenvalue weighted by Crippen LogP contribution is 2.35. The van der Waals surface area contributed by atoms with E-state index in [1.807, 2.05) is 26.8 Å². The number of hydrogen-bond donors (Lipinski definition) is 0. The summed E-state index contributed by atoms with van der Waals surface area (Å²) in [5, 5.41) is -0.577. The molecule has 0 amide bonds. The van der Waals surface area contributed by atoms with Gasteiger partial charge in [0.2, 0.25) is 0 Å². The lowest BCUT2D eigenvalue weighted by atomic mass is 10.1. The van der Waals surface area contributed by atoms with Crippen LogP contribution in [0.5, 0.6) is 0 Å². The quantitative estimate of drug-likeness (QED) is 0.855. The van der Waals surface area contributed by atoms with Gasteiger partial charge in [0.05, 0.1) is 16.4 Å². The molecule has 3 nitrogen and oxygen atoms in total. The monoisotopic (exact) mass is 278 g/mol. The van der Waals surface area contributed by atoms with Gasteiger partial charge in [0.25, 0.3) is 0 Å². The smallest absolute Gasteiger partial charge is 0.185 e. The van der Waals surface area contributed by atoms with Gasteiger partial charge < -0.3 is 4.42 Å². The van der Waals surface area contributed by atoms with Crippen LogP contribution in [0, 0.1) is 12.8 Å². The van der Waals surface area contributed by atoms with Crippen molar-refractivity contribution < 1.29 is 12.8 Å². The number of hydrogen-bond acceptors (Lipinski definition) is 3. The molecule has 0 saturated carbocycles. The van der Waals surface area contributed by atoms with Crippen LogP contribution in [-0.2, 0) is 9.84 Å². The Kier molecular flexibility index (Phi) is 3.80. The maximum Gasteiger partial charge on any atom is 0.185 e. The molecule has 1 aromatic carbocycles. The van der Waals surface area contributed by atoms with Gasteiger partial charge in [-0.1, -0.05) is 32.0 Å². The Hall–Kier alpha value is -1.55. The summed E-state index contributed by atoms with van der Waals surface area (Å²) in [6.45, 7) is 5.64. The van der Waals surface area contributed by atoms with Gasteiger partial charge >= 0.3 is 0 Å². The summed E-state index contributed by atoms with van der Waals surface area (Å²) in [5.74, 6) is 0.700. The molecule has 0 N–H and O–H groups in total. The second kappa shape index (κ2) is 5.21. The Morgan fingerprint density at radius 1 is 1.11 bits per heavy atom. The molecule has 1 heterocycles. The summed E-state index contributed by atoms with van der Waals surface area (Å²) in [4.78, 5) is 0.354. The fourth-order valence-corrected chi connectivity index (χ4v) is 4.32. The Balaban J connectivity index is 2.51. The minimum Gasteiger partial charge on any atom is -0.469 e. The molecular weight excluding hydrogens is 260 g/mol. The van der Waals surface area contributed by atoms with Gasteiger partial charge in [0.15, 0.2) is 9.84 Å². The Labute approximate surface area is 114 Å². The van der Waals surface area contributed by atoms with Crippen LogP contribution < -0.4 is 0 Å². The van der Waals surface area contributed by atoms with E-state index >= 15 is 0 Å². The molecular formula is C15H18O3S. The van der Waals surface area contributed by atoms with Gasteiger partial charge in [-0.3, -0.25) is 0 Å². The predicted molar refractivity (Wildman–Crippen MR) is 74.7 cm³/mol. The molecule has 0 fully saturated rings. The molecule has 0 saturated heterocycles. The molecule has 0 bridgehead atoms. The van der Waals surface area contributed by atoms with Crippen molar-refractivity contribution in [2.75, 3.05) is 0 Å². The van der Waals surface area contributed by atoms with Gasteiger partial charge in [-0.05, 0) is 31.0 Å². The molecule has 1 unspecified atom stereocenters. The average Bonchev–Trinajstić information content (AvgIpc) is 2.76. The predicted octanol–water partition coefficient (Wildman–Crippen LogP) is 3.76. The number of rotatable bonds is 4. The highest BCUT2D eigenvalue weighted by Gasteiger charge is 2.32. The lowest BCUT2D eigenvalue weighted by Crippen LogP contribution is -2.18. The van der Waals surface area contributed by atoms with Crippen molar-refractivity contribution >= 4 is 9.84 Å². The summed E-state index contributed by atoms with van der Waals surface area (Å²) in [6.07, 6.45) is 1.54. The molecule has 0 spiro atoms. The van der Waals surface area contributed by atoms with E-state index in [0.717, 1.165) is 11.3 Å². The summed E-state index contributed by atoms with van der Waals surface area (Å²) < 4.78 is 30.7. The maximum absolute atomic E-state index is 12.7. The lowest BCUT2D eigenvalue weighted by Gasteiger charge is -2.20. The van der Waals surface area contributed by atoms with E-state index in [-0.39, 0.29) is 5.92 Å². The second-order valence-corrected chi connectivity index (χ2v) is 7.08. The van der Waals surface area contributed by atoms with Crippen LogP contribution in [0.3, 0.4) is 0 Å². The van der Waals surface area contributed by atoms with Gasteiger partial charge in [0.1, 0.15) is 5.76 Å². The van der Waals surface area contributed by atoms with Crippen LogP contribution in [0.25, 0.3) is 0 Å². The Morgan fingerprint density at radius 3 is 2.21 bits per heavy atom. The zero-order valence-corrected chi connectivity index (χ0v) is 12.1. The summed E-state index contributed by atoms with van der Waals surface area (Å²) in [7, 11) is -3.40. The van der Waals surface area contributed by atoms with Crippen LogP contribution in [0.15, 0.2) is 52.0 Å². The number of sulfone groups is 1. The third-order valence-electron chi connectivity index (χ3n) is 3.09. The molecule has 102 valence electrons. The molecule has 1 atom stereocenters. The number of furan rings is 1. The van der Waals surface area contributed by atoms with Crippen LogP contribution in [0.4, 0.5) is 0 Å². The van der Waals surface area contributed by atoms with Crippen molar-refractivity contribution in [1.82, 2.24) is 0 Å². The van der Waals surface area contributed by atoms with Crippen molar-refractivity contribution in [3.8, 4) is 0 Å². The molecule has 4 heteroatoms. The van der Waals surface area contributed by atoms with Crippen molar-refractivity contribution in [3.63, 3.8) is 0 Å². The number of aryl methyl sites for hydroxylation is 1. The molecule has 0 aliphatic carbocycles. The normalized spacial score (nSPS) is 13.7. The summed E-state index contributed by atoms with van der Waals surface area (Å²) in [5.41, 5.74) is 0.719. The summed E-state index contributed by atoms with van der Waals surface area (Å²) in [6, 6.07) is 10.4. The highest BCUT2D eigenvalue weighted by atomic mass is 32.2. The lowest BCUT2D eigenvalue weighted by molar-refractivity contribution is 0.516. The van der Waals surface area contributed by atoms with Crippen molar-refractivity contribution in [1.29, 1.82) is 0 Å². The topological polar surface area (TPSA) is 47.3 Å². The van der Waals surface area contributed by atoms with Gasteiger partial charge in [-0.2, -0.15) is 0 Å². The minimum absolute atomic E-state index is 0.0257. The van der Waals surface area contributed by atoms with E-state index in [1.54, 1.807) is 36.6 Å². The number of benzene rings is 1. The van der Waals surface area contributed by atoms with Crippen molar-refractivity contribution in [3.05, 3.63) is 54.0 Å². The third-order valence-corrected chi connectivity index (χ3v) is 5.51. The molecule has 0 radical (unpaired) electrons. The molecule has 1 aromatic heterocycles. The maximum atomic E-state index is 12.7. The Morgan fingerprint density at radius 2 is 1.74 bits per heavy atom. The van der Waals surface area contributed by atoms with E-state index in [4.69, 9.17) is 4.42 Å². The van der Waals surface area contributed by atoms with E-state index in [2.05, 4.69) is 0 Å². The van der Waals surface area contributed by atoms with Crippen LogP contribution in [-0.4, -0.2) is 8.42 Å². The van der Waals surface area contributed by atoms with Gasteiger partial charge in [0, 0.05) is 5.56 Å². The van der Waals surface area contributed by atoms with Crippen LogP contribution in [0.1, 0.15) is 30.4 Å². The molecule has 0 aliphatic heterocycles. The van der Waals surface area contributed by atoms with E-state index < -0.39 is 15.1 Å². The van der Waals surface area contributed by atoms with Gasteiger partial charge in [-0.25, -0.2) is 8.42 Å². The second-order valence-electron chi connectivity index (χ2n) is 5.01. The molecule has 19 heavy (non-hydrogen) atoms. The molecule has 2 aromatic rings. The van der Waals surface area contributed by atoms with Crippen LogP contribution in [0.2, 0.25) is 0 Å². The first kappa shape index (κ1) is 13.9. The molecule has 0 aliphatic rings. The van der Waals surface area contributed by atoms with E-state index in [1.165, 1.54) is 0 Å². The van der Waals surface area contributed by atoms with Crippen molar-refractivity contribution in [2.45, 2.75) is 30.9 Å².